The molecule has 1 amide bonds. The van der Waals surface area contributed by atoms with Gasteiger partial charge >= 0.3 is 0 Å². The van der Waals surface area contributed by atoms with E-state index in [1.54, 1.807) is 12.1 Å². The zero-order valence-electron chi connectivity index (χ0n) is 7.63. The molecule has 0 aliphatic heterocycles. The minimum absolute atomic E-state index is 0.485. The van der Waals surface area contributed by atoms with Crippen LogP contribution in [0.4, 0.5) is 5.69 Å². The highest BCUT2D eigenvalue weighted by atomic mass is 16.2. The largest absolute Gasteiger partial charge is 0.319 e. The van der Waals surface area contributed by atoms with Crippen LogP contribution >= 0.6 is 0 Å². The van der Waals surface area contributed by atoms with E-state index in [4.69, 9.17) is 0 Å². The molecule has 0 unspecified atom stereocenters. The van der Waals surface area contributed by atoms with E-state index in [0.29, 0.717) is 5.69 Å². The number of carbonyl (C=O) groups excluding carboxylic acids is 2. The SMILES string of the molecule is CC(=O)C(=O)Nc1cccc(C)c1. The van der Waals surface area contributed by atoms with Gasteiger partial charge in [-0.3, -0.25) is 9.59 Å². The summed E-state index contributed by atoms with van der Waals surface area (Å²) in [5.41, 5.74) is 1.70. The molecular weight excluding hydrogens is 166 g/mol. The Balaban J connectivity index is 2.75. The predicted octanol–water partition coefficient (Wildman–Crippen LogP) is 1.52. The third-order valence-corrected chi connectivity index (χ3v) is 1.60. The van der Waals surface area contributed by atoms with Gasteiger partial charge in [-0.15, -0.1) is 0 Å². The Hall–Kier alpha value is -1.64. The summed E-state index contributed by atoms with van der Waals surface area (Å²) in [7, 11) is 0. The lowest BCUT2D eigenvalue weighted by molar-refractivity contribution is -0.133. The minimum atomic E-state index is -0.578. The lowest BCUT2D eigenvalue weighted by Crippen LogP contribution is -2.19. The molecule has 0 radical (unpaired) electrons. The van der Waals surface area contributed by atoms with Crippen molar-refractivity contribution in [2.45, 2.75) is 13.8 Å². The van der Waals surface area contributed by atoms with E-state index in [2.05, 4.69) is 5.32 Å². The average Bonchev–Trinajstić information content (AvgIpc) is 2.04. The molecule has 0 atom stereocenters. The van der Waals surface area contributed by atoms with Crippen LogP contribution in [0.5, 0.6) is 0 Å². The highest BCUT2D eigenvalue weighted by molar-refractivity contribution is 6.39. The number of ketones is 1. The fourth-order valence-electron chi connectivity index (χ4n) is 0.942. The number of nitrogens with one attached hydrogen (secondary N) is 1. The van der Waals surface area contributed by atoms with Crippen molar-refractivity contribution in [2.75, 3.05) is 5.32 Å². The summed E-state index contributed by atoms with van der Waals surface area (Å²) in [6.45, 7) is 3.16. The molecule has 3 heteroatoms. The Morgan fingerprint density at radius 3 is 2.54 bits per heavy atom. The van der Waals surface area contributed by atoms with Gasteiger partial charge in [-0.05, 0) is 24.6 Å². The molecule has 0 aliphatic rings. The fourth-order valence-corrected chi connectivity index (χ4v) is 0.942. The monoisotopic (exact) mass is 177 g/mol. The van der Waals surface area contributed by atoms with E-state index < -0.39 is 11.7 Å². The molecule has 13 heavy (non-hydrogen) atoms. The van der Waals surface area contributed by atoms with Gasteiger partial charge in [-0.1, -0.05) is 12.1 Å². The van der Waals surface area contributed by atoms with Crippen molar-refractivity contribution >= 4 is 17.4 Å². The van der Waals surface area contributed by atoms with Crippen LogP contribution in [-0.2, 0) is 9.59 Å². The molecule has 3 nitrogen and oxygen atoms in total. The number of Topliss-reactive ketones (excluding diaryl/α,β-unsaturated/α-hetero) is 1. The van der Waals surface area contributed by atoms with Crippen LogP contribution in [0.2, 0.25) is 0 Å². The van der Waals surface area contributed by atoms with Gasteiger partial charge in [0.15, 0.2) is 0 Å². The first-order chi connectivity index (χ1) is 6.09. The Morgan fingerprint density at radius 2 is 2.00 bits per heavy atom. The summed E-state index contributed by atoms with van der Waals surface area (Å²) in [5, 5.41) is 2.49. The Kier molecular flexibility index (Phi) is 2.80. The number of rotatable bonds is 2. The van der Waals surface area contributed by atoms with Gasteiger partial charge in [0.25, 0.3) is 5.91 Å². The smallest absolute Gasteiger partial charge is 0.291 e. The number of anilines is 1. The molecule has 1 rings (SSSR count). The molecule has 0 aliphatic carbocycles. The summed E-state index contributed by atoms with van der Waals surface area (Å²) < 4.78 is 0. The third kappa shape index (κ3) is 2.71. The van der Waals surface area contributed by atoms with Crippen LogP contribution in [-0.4, -0.2) is 11.7 Å². The zero-order chi connectivity index (χ0) is 9.84. The van der Waals surface area contributed by atoms with Gasteiger partial charge in [0, 0.05) is 12.6 Å². The molecule has 68 valence electrons. The van der Waals surface area contributed by atoms with E-state index in [9.17, 15) is 9.59 Å². The Labute approximate surface area is 76.8 Å². The van der Waals surface area contributed by atoms with E-state index in [1.807, 2.05) is 19.1 Å². The second kappa shape index (κ2) is 3.85. The van der Waals surface area contributed by atoms with Crippen LogP contribution in [0.15, 0.2) is 24.3 Å². The molecule has 1 aromatic carbocycles. The predicted molar refractivity (Wildman–Crippen MR) is 50.5 cm³/mol. The first-order valence-corrected chi connectivity index (χ1v) is 3.98. The van der Waals surface area contributed by atoms with Crippen LogP contribution in [0.3, 0.4) is 0 Å². The summed E-state index contributed by atoms with van der Waals surface area (Å²) in [5.74, 6) is -1.06. The molecule has 0 spiro atoms. The topological polar surface area (TPSA) is 46.2 Å². The highest BCUT2D eigenvalue weighted by Gasteiger charge is 2.06. The maximum absolute atomic E-state index is 11.0. The number of carbonyl (C=O) groups is 2. The quantitative estimate of drug-likeness (QED) is 0.696. The van der Waals surface area contributed by atoms with Crippen LogP contribution in [0.25, 0.3) is 0 Å². The molecule has 0 fully saturated rings. The lowest BCUT2D eigenvalue weighted by Gasteiger charge is -2.02. The number of benzene rings is 1. The average molecular weight is 177 g/mol. The van der Waals surface area contributed by atoms with E-state index in [1.165, 1.54) is 6.92 Å². The van der Waals surface area contributed by atoms with E-state index in [0.717, 1.165) is 5.56 Å². The minimum Gasteiger partial charge on any atom is -0.319 e. The Bertz CT molecular complexity index is 345. The summed E-state index contributed by atoms with van der Waals surface area (Å²) in [4.78, 5) is 21.6. The van der Waals surface area contributed by atoms with Crippen molar-refractivity contribution < 1.29 is 9.59 Å². The van der Waals surface area contributed by atoms with E-state index in [-0.39, 0.29) is 0 Å². The molecular formula is C10H11NO2. The molecule has 0 heterocycles. The maximum Gasteiger partial charge on any atom is 0.291 e. The number of amides is 1. The van der Waals surface area contributed by atoms with Gasteiger partial charge in [0.2, 0.25) is 5.78 Å². The summed E-state index contributed by atoms with van der Waals surface area (Å²) >= 11 is 0. The van der Waals surface area contributed by atoms with E-state index >= 15 is 0 Å². The van der Waals surface area contributed by atoms with Gasteiger partial charge < -0.3 is 5.32 Å². The first-order valence-electron chi connectivity index (χ1n) is 3.98. The zero-order valence-corrected chi connectivity index (χ0v) is 7.63. The molecule has 1 aromatic rings. The standard InChI is InChI=1S/C10H11NO2/c1-7-4-3-5-9(6-7)11-10(13)8(2)12/h3-6H,1-2H3,(H,11,13). The number of hydrogen-bond acceptors (Lipinski definition) is 2. The van der Waals surface area contributed by atoms with Crippen molar-refractivity contribution in [2.24, 2.45) is 0 Å². The summed E-state index contributed by atoms with van der Waals surface area (Å²) in [6, 6.07) is 7.29. The van der Waals surface area contributed by atoms with Gasteiger partial charge in [-0.2, -0.15) is 0 Å². The van der Waals surface area contributed by atoms with Crippen molar-refractivity contribution in [1.29, 1.82) is 0 Å². The van der Waals surface area contributed by atoms with Crippen molar-refractivity contribution in [3.8, 4) is 0 Å². The van der Waals surface area contributed by atoms with Crippen molar-refractivity contribution in [3.63, 3.8) is 0 Å². The lowest BCUT2D eigenvalue weighted by atomic mass is 10.2. The Morgan fingerprint density at radius 1 is 1.31 bits per heavy atom. The van der Waals surface area contributed by atoms with Crippen LogP contribution < -0.4 is 5.32 Å². The highest BCUT2D eigenvalue weighted by Crippen LogP contribution is 2.08. The number of hydrogen-bond donors (Lipinski definition) is 1. The second-order valence-corrected chi connectivity index (χ2v) is 2.88. The van der Waals surface area contributed by atoms with Gasteiger partial charge in [-0.25, -0.2) is 0 Å². The van der Waals surface area contributed by atoms with Crippen molar-refractivity contribution in [1.82, 2.24) is 0 Å². The maximum atomic E-state index is 11.0. The fraction of sp³-hybridized carbons (Fsp3) is 0.200. The molecule has 1 N–H and O–H groups in total. The van der Waals surface area contributed by atoms with Crippen LogP contribution in [0.1, 0.15) is 12.5 Å². The van der Waals surface area contributed by atoms with Gasteiger partial charge in [0.1, 0.15) is 0 Å². The molecule has 0 saturated carbocycles. The molecule has 0 saturated heterocycles. The van der Waals surface area contributed by atoms with Crippen LogP contribution in [0, 0.1) is 6.92 Å². The van der Waals surface area contributed by atoms with Crippen molar-refractivity contribution in [3.05, 3.63) is 29.8 Å². The summed E-state index contributed by atoms with van der Waals surface area (Å²) in [6.07, 6.45) is 0. The number of aryl methyl sites for hydroxylation is 1. The second-order valence-electron chi connectivity index (χ2n) is 2.88. The first kappa shape index (κ1) is 9.45. The van der Waals surface area contributed by atoms with Gasteiger partial charge in [0.05, 0.1) is 0 Å². The normalized spacial score (nSPS) is 9.38. The third-order valence-electron chi connectivity index (χ3n) is 1.60. The molecule has 0 aromatic heterocycles. The molecule has 0 bridgehead atoms.